The Bertz CT molecular complexity index is 799. The molecule has 1 aromatic carbocycles. The van der Waals surface area contributed by atoms with Crippen molar-refractivity contribution in [2.75, 3.05) is 25.0 Å². The fourth-order valence-corrected chi connectivity index (χ4v) is 4.84. The van der Waals surface area contributed by atoms with Gasteiger partial charge in [0.1, 0.15) is 0 Å². The van der Waals surface area contributed by atoms with Crippen LogP contribution in [0.5, 0.6) is 0 Å². The number of nitrogens with one attached hydrogen (secondary N) is 2. The first kappa shape index (κ1) is 21.0. The molecule has 6 heteroatoms. The van der Waals surface area contributed by atoms with Crippen molar-refractivity contribution >= 4 is 22.4 Å². The number of thiazole rings is 1. The molecule has 2 N–H and O–H groups in total. The maximum atomic E-state index is 12.5. The summed E-state index contributed by atoms with van der Waals surface area (Å²) in [6, 6.07) is 5.44. The van der Waals surface area contributed by atoms with E-state index in [0.717, 1.165) is 31.6 Å². The summed E-state index contributed by atoms with van der Waals surface area (Å²) in [5.74, 6) is 0.0218. The van der Waals surface area contributed by atoms with Crippen molar-refractivity contribution in [3.63, 3.8) is 0 Å². The molecule has 1 aliphatic rings. The smallest absolute Gasteiger partial charge is 0.240 e. The molecule has 1 amide bonds. The number of hydrogen-bond acceptors (Lipinski definition) is 5. The third kappa shape index (κ3) is 5.40. The van der Waals surface area contributed by atoms with Crippen LogP contribution in [0.1, 0.15) is 43.4 Å². The second kappa shape index (κ2) is 9.16. The second-order valence-electron chi connectivity index (χ2n) is 8.23. The number of carbonyl (C=O) groups is 1. The van der Waals surface area contributed by atoms with Gasteiger partial charge in [0.2, 0.25) is 5.91 Å². The quantitative estimate of drug-likeness (QED) is 0.765. The van der Waals surface area contributed by atoms with E-state index >= 15 is 0 Å². The predicted octanol–water partition coefficient (Wildman–Crippen LogP) is 4.14. The highest BCUT2D eigenvalue weighted by molar-refractivity contribution is 7.14. The number of piperidine rings is 1. The van der Waals surface area contributed by atoms with Gasteiger partial charge in [-0.25, -0.2) is 4.98 Å². The molecule has 3 rings (SSSR count). The molecule has 1 aliphatic heterocycles. The minimum absolute atomic E-state index is 0.0218. The van der Waals surface area contributed by atoms with Crippen LogP contribution in [0.4, 0.5) is 5.13 Å². The van der Waals surface area contributed by atoms with Gasteiger partial charge in [-0.15, -0.1) is 11.3 Å². The summed E-state index contributed by atoms with van der Waals surface area (Å²) < 4.78 is 0. The monoisotopic (exact) mass is 400 g/mol. The Labute approximate surface area is 172 Å². The number of hydrogen-bond donors (Lipinski definition) is 2. The van der Waals surface area contributed by atoms with Crippen molar-refractivity contribution in [3.05, 3.63) is 34.2 Å². The molecule has 0 saturated carbocycles. The highest BCUT2D eigenvalue weighted by atomic mass is 32.1. The van der Waals surface area contributed by atoms with E-state index in [0.29, 0.717) is 23.8 Å². The van der Waals surface area contributed by atoms with E-state index in [4.69, 9.17) is 0 Å². The minimum Gasteiger partial charge on any atom is -0.312 e. The summed E-state index contributed by atoms with van der Waals surface area (Å²) in [6.07, 6.45) is 2.19. The standard InChI is InChI=1S/C22H32N4OS/c1-14(2)23-18-6-8-26(9-7-18)12-20(27)25-22-24-19(13-28-22)21-16(4)10-15(3)11-17(21)5/h10-11,13-14,18,23H,6-9,12H2,1-5H3,(H,24,25,27). The van der Waals surface area contributed by atoms with Crippen molar-refractivity contribution in [1.82, 2.24) is 15.2 Å². The second-order valence-corrected chi connectivity index (χ2v) is 9.09. The summed E-state index contributed by atoms with van der Waals surface area (Å²) in [5, 5.41) is 9.28. The number of aryl methyl sites for hydroxylation is 3. The Kier molecular flexibility index (Phi) is 6.86. The van der Waals surface area contributed by atoms with E-state index in [1.807, 2.05) is 5.38 Å². The molecule has 2 aromatic rings. The Hall–Kier alpha value is -1.76. The van der Waals surface area contributed by atoms with E-state index in [1.54, 1.807) is 0 Å². The van der Waals surface area contributed by atoms with Gasteiger partial charge in [-0.05, 0) is 44.7 Å². The normalized spacial score (nSPS) is 15.9. The predicted molar refractivity (Wildman–Crippen MR) is 118 cm³/mol. The first-order chi connectivity index (χ1) is 13.3. The van der Waals surface area contributed by atoms with Crippen molar-refractivity contribution in [2.45, 2.75) is 59.5 Å². The largest absolute Gasteiger partial charge is 0.312 e. The van der Waals surface area contributed by atoms with Crippen LogP contribution < -0.4 is 10.6 Å². The SMILES string of the molecule is Cc1cc(C)c(-c2csc(NC(=O)CN3CCC(NC(C)C)CC3)n2)c(C)c1. The fraction of sp³-hybridized carbons (Fsp3) is 0.545. The molecule has 1 fully saturated rings. The Morgan fingerprint density at radius 1 is 1.21 bits per heavy atom. The van der Waals surface area contributed by atoms with Crippen LogP contribution in [-0.4, -0.2) is 47.5 Å². The molecular weight excluding hydrogens is 368 g/mol. The molecule has 0 bridgehead atoms. The number of carbonyl (C=O) groups excluding carboxylic acids is 1. The third-order valence-electron chi connectivity index (χ3n) is 5.21. The van der Waals surface area contributed by atoms with E-state index in [2.05, 4.69) is 67.3 Å². The fourth-order valence-electron chi connectivity index (χ4n) is 4.12. The number of benzene rings is 1. The number of rotatable bonds is 6. The average Bonchev–Trinajstić information content (AvgIpc) is 3.03. The highest BCUT2D eigenvalue weighted by Crippen LogP contribution is 2.31. The zero-order valence-corrected chi connectivity index (χ0v) is 18.4. The Morgan fingerprint density at radius 3 is 2.46 bits per heavy atom. The number of nitrogens with zero attached hydrogens (tertiary/aromatic N) is 2. The lowest BCUT2D eigenvalue weighted by molar-refractivity contribution is -0.117. The lowest BCUT2D eigenvalue weighted by Crippen LogP contribution is -2.46. The Morgan fingerprint density at radius 2 is 1.86 bits per heavy atom. The number of anilines is 1. The van der Waals surface area contributed by atoms with Crippen LogP contribution in [0.2, 0.25) is 0 Å². The molecule has 0 unspecified atom stereocenters. The summed E-state index contributed by atoms with van der Waals surface area (Å²) in [7, 11) is 0. The molecule has 0 spiro atoms. The molecule has 2 heterocycles. The molecule has 1 saturated heterocycles. The van der Waals surface area contributed by atoms with Crippen LogP contribution in [0.3, 0.4) is 0 Å². The van der Waals surface area contributed by atoms with Gasteiger partial charge in [-0.1, -0.05) is 31.5 Å². The van der Waals surface area contributed by atoms with Gasteiger partial charge in [0.25, 0.3) is 0 Å². The highest BCUT2D eigenvalue weighted by Gasteiger charge is 2.21. The van der Waals surface area contributed by atoms with Crippen LogP contribution in [0.25, 0.3) is 11.3 Å². The molecule has 0 aliphatic carbocycles. The lowest BCUT2D eigenvalue weighted by atomic mass is 9.98. The summed E-state index contributed by atoms with van der Waals surface area (Å²) in [5.41, 5.74) is 5.81. The van der Waals surface area contributed by atoms with Crippen LogP contribution in [0.15, 0.2) is 17.5 Å². The van der Waals surface area contributed by atoms with E-state index < -0.39 is 0 Å². The van der Waals surface area contributed by atoms with Crippen molar-refractivity contribution in [2.24, 2.45) is 0 Å². The maximum absolute atomic E-state index is 12.5. The van der Waals surface area contributed by atoms with Gasteiger partial charge in [0.15, 0.2) is 5.13 Å². The summed E-state index contributed by atoms with van der Waals surface area (Å²) in [4.78, 5) is 19.4. The van der Waals surface area contributed by atoms with Gasteiger partial charge >= 0.3 is 0 Å². The van der Waals surface area contributed by atoms with Gasteiger partial charge in [-0.3, -0.25) is 9.69 Å². The Balaban J connectivity index is 1.55. The van der Waals surface area contributed by atoms with Crippen molar-refractivity contribution < 1.29 is 4.79 Å². The van der Waals surface area contributed by atoms with Crippen molar-refractivity contribution in [1.29, 1.82) is 0 Å². The lowest BCUT2D eigenvalue weighted by Gasteiger charge is -2.32. The zero-order chi connectivity index (χ0) is 20.3. The molecule has 5 nitrogen and oxygen atoms in total. The van der Waals surface area contributed by atoms with Crippen molar-refractivity contribution in [3.8, 4) is 11.3 Å². The average molecular weight is 401 g/mol. The van der Waals surface area contributed by atoms with Crippen LogP contribution in [-0.2, 0) is 4.79 Å². The number of likely N-dealkylation sites (tertiary alicyclic amines) is 1. The maximum Gasteiger partial charge on any atom is 0.240 e. The zero-order valence-electron chi connectivity index (χ0n) is 17.6. The van der Waals surface area contributed by atoms with Gasteiger partial charge < -0.3 is 10.6 Å². The molecule has 0 radical (unpaired) electrons. The van der Waals surface area contributed by atoms with Crippen LogP contribution >= 0.6 is 11.3 Å². The number of aromatic nitrogens is 1. The minimum atomic E-state index is 0.0218. The third-order valence-corrected chi connectivity index (χ3v) is 5.97. The molecule has 152 valence electrons. The van der Waals surface area contributed by atoms with E-state index in [-0.39, 0.29) is 5.91 Å². The molecular formula is C22H32N4OS. The summed E-state index contributed by atoms with van der Waals surface area (Å²) >= 11 is 1.49. The van der Waals surface area contributed by atoms with Gasteiger partial charge in [0, 0.05) is 36.1 Å². The first-order valence-electron chi connectivity index (χ1n) is 10.1. The molecule has 28 heavy (non-hydrogen) atoms. The molecule has 0 atom stereocenters. The first-order valence-corrected chi connectivity index (χ1v) is 11.0. The van der Waals surface area contributed by atoms with E-state index in [1.165, 1.54) is 33.6 Å². The van der Waals surface area contributed by atoms with Gasteiger partial charge in [0.05, 0.1) is 12.2 Å². The number of amides is 1. The topological polar surface area (TPSA) is 57.3 Å². The summed E-state index contributed by atoms with van der Waals surface area (Å²) in [6.45, 7) is 13.1. The van der Waals surface area contributed by atoms with Crippen LogP contribution in [0, 0.1) is 20.8 Å². The van der Waals surface area contributed by atoms with E-state index in [9.17, 15) is 4.79 Å². The molecule has 1 aromatic heterocycles. The van der Waals surface area contributed by atoms with Gasteiger partial charge in [-0.2, -0.15) is 0 Å².